The van der Waals surface area contributed by atoms with Crippen molar-refractivity contribution < 1.29 is 76.3 Å². The molecule has 0 aromatic heterocycles. The minimum Gasteiger partial charge on any atom is -0.496 e. The number of allylic oxidation sites excluding steroid dienone is 4. The molecule has 1 fully saturated rings. The summed E-state index contributed by atoms with van der Waals surface area (Å²) in [6.45, 7) is 7.40. The first-order valence-corrected chi connectivity index (χ1v) is 18.8. The van der Waals surface area contributed by atoms with Gasteiger partial charge in [-0.1, -0.05) is 0 Å². The molecule has 0 saturated carbocycles. The fourth-order valence-electron chi connectivity index (χ4n) is 7.38. The minimum atomic E-state index is -1.50. The maximum absolute atomic E-state index is 14.2. The van der Waals surface area contributed by atoms with Crippen molar-refractivity contribution in [1.82, 2.24) is 0 Å². The molecular formula is C44H41NO16. The fourth-order valence-corrected chi connectivity index (χ4v) is 7.38. The maximum Gasteiger partial charge on any atom is 0.303 e. The highest BCUT2D eigenvalue weighted by molar-refractivity contribution is 6.40. The summed E-state index contributed by atoms with van der Waals surface area (Å²) in [6.07, 6.45) is -4.74. The molecule has 3 aromatic carbocycles. The van der Waals surface area contributed by atoms with E-state index < -0.39 is 84.3 Å². The zero-order chi connectivity index (χ0) is 44.4. The van der Waals surface area contributed by atoms with Gasteiger partial charge in [-0.05, 0) is 73.5 Å². The first kappa shape index (κ1) is 43.4. The van der Waals surface area contributed by atoms with Gasteiger partial charge in [-0.25, -0.2) is 0 Å². The summed E-state index contributed by atoms with van der Waals surface area (Å²) in [4.78, 5) is 103. The van der Waals surface area contributed by atoms with Crippen LogP contribution in [0.2, 0.25) is 0 Å². The second-order valence-corrected chi connectivity index (χ2v) is 14.3. The molecule has 0 bridgehead atoms. The molecule has 17 heteroatoms. The van der Waals surface area contributed by atoms with Crippen LogP contribution in [0.4, 0.5) is 5.69 Å². The molecule has 6 rings (SSSR count). The number of fused-ring (bicyclic) bond motifs is 2. The monoisotopic (exact) mass is 839 g/mol. The second-order valence-electron chi connectivity index (χ2n) is 14.3. The molecule has 2 aliphatic carbocycles. The largest absolute Gasteiger partial charge is 0.496 e. The quantitative estimate of drug-likeness (QED) is 0.194. The Labute approximate surface area is 348 Å². The van der Waals surface area contributed by atoms with Crippen LogP contribution in [0, 0.1) is 13.8 Å². The maximum atomic E-state index is 14.2. The predicted octanol–water partition coefficient (Wildman–Crippen LogP) is 4.62. The first-order valence-electron chi connectivity index (χ1n) is 18.8. The Bertz CT molecular complexity index is 2450. The lowest BCUT2D eigenvalue weighted by atomic mass is 9.80. The van der Waals surface area contributed by atoms with Gasteiger partial charge in [0.25, 0.3) is 0 Å². The van der Waals surface area contributed by atoms with Crippen molar-refractivity contribution in [2.45, 2.75) is 72.2 Å². The Morgan fingerprint density at radius 1 is 0.672 bits per heavy atom. The van der Waals surface area contributed by atoms with E-state index in [1.807, 2.05) is 0 Å². The molecule has 0 spiro atoms. The molecular weight excluding hydrogens is 798 g/mol. The van der Waals surface area contributed by atoms with E-state index in [-0.39, 0.29) is 56.3 Å². The second kappa shape index (κ2) is 17.6. The highest BCUT2D eigenvalue weighted by Crippen LogP contribution is 2.43. The van der Waals surface area contributed by atoms with Crippen molar-refractivity contribution >= 4 is 58.3 Å². The Balaban J connectivity index is 1.28. The summed E-state index contributed by atoms with van der Waals surface area (Å²) >= 11 is 0. The third kappa shape index (κ3) is 8.91. The number of benzene rings is 3. The van der Waals surface area contributed by atoms with Crippen molar-refractivity contribution in [3.8, 4) is 17.2 Å². The molecule has 5 atom stereocenters. The Kier molecular flexibility index (Phi) is 12.5. The predicted molar refractivity (Wildman–Crippen MR) is 211 cm³/mol. The number of rotatable bonds is 12. The number of Topliss-reactive ketones (excluding diaryl/α,β-unsaturated/α-hetero) is 2. The third-order valence-corrected chi connectivity index (χ3v) is 9.78. The lowest BCUT2D eigenvalue weighted by Gasteiger charge is -2.43. The first-order chi connectivity index (χ1) is 28.9. The molecule has 1 aliphatic heterocycles. The number of ether oxygens (including phenoxy) is 8. The molecule has 3 aromatic rings. The standard InChI is InChI=1S/C44H41NO16/c1-19-13-28-36(33(14-19)54-7)32(51)16-29(38(28)52)35-20(2)15-27-31(50)17-30(39(53)37(27)41(35)55-8)45-25-9-11-26(12-10-25)60-44-43(59-24(6)49)42(58-23(5)48)40(57-22(4)47)34(61-44)18-56-21(3)46/h9-17,34,40,42-45H,18H2,1-8H3/t34-,40+,42+,43-,44-/m1/s1. The normalized spacial score (nSPS) is 20.6. The van der Waals surface area contributed by atoms with Gasteiger partial charge in [0.15, 0.2) is 29.6 Å². The van der Waals surface area contributed by atoms with E-state index in [1.165, 1.54) is 50.6 Å². The number of methoxy groups -OCH3 is 2. The zero-order valence-corrected chi connectivity index (χ0v) is 34.3. The lowest BCUT2D eigenvalue weighted by Crippen LogP contribution is -2.63. The van der Waals surface area contributed by atoms with Gasteiger partial charge in [0.2, 0.25) is 18.2 Å². The SMILES string of the molecule is COc1cc(C)cc2c1C(=O)C=C(c1c(C)cc3c(c1OC)C(=O)C(Nc1ccc(O[C@@H]4O[C@H](COC(C)=O)[C@H](OC(C)=O)[C@H](OC(C)=O)[C@H]4OC(C)=O)cc1)=CC3=O)C2=O. The van der Waals surface area contributed by atoms with Crippen LogP contribution < -0.4 is 19.5 Å². The Morgan fingerprint density at radius 3 is 1.92 bits per heavy atom. The molecule has 3 aliphatic rings. The minimum absolute atomic E-state index is 0.0149. The number of anilines is 1. The summed E-state index contributed by atoms with van der Waals surface area (Å²) in [6, 6.07) is 10.6. The van der Waals surface area contributed by atoms with Gasteiger partial charge in [0.1, 0.15) is 30.0 Å². The molecule has 1 saturated heterocycles. The van der Waals surface area contributed by atoms with Crippen LogP contribution in [0.15, 0.2) is 60.3 Å². The zero-order valence-electron chi connectivity index (χ0n) is 34.3. The third-order valence-electron chi connectivity index (χ3n) is 9.78. The highest BCUT2D eigenvalue weighted by Gasteiger charge is 2.53. The van der Waals surface area contributed by atoms with Gasteiger partial charge in [-0.2, -0.15) is 0 Å². The number of ketones is 4. The van der Waals surface area contributed by atoms with Crippen LogP contribution in [0.25, 0.3) is 5.57 Å². The molecule has 318 valence electrons. The van der Waals surface area contributed by atoms with Crippen LogP contribution >= 0.6 is 0 Å². The summed E-state index contributed by atoms with van der Waals surface area (Å²) in [5, 5.41) is 2.94. The van der Waals surface area contributed by atoms with Crippen LogP contribution in [0.5, 0.6) is 17.2 Å². The average molecular weight is 840 g/mol. The molecule has 61 heavy (non-hydrogen) atoms. The van der Waals surface area contributed by atoms with Crippen molar-refractivity contribution in [3.05, 3.63) is 99.3 Å². The van der Waals surface area contributed by atoms with E-state index in [1.54, 1.807) is 26.0 Å². The number of hydrogen-bond donors (Lipinski definition) is 1. The molecule has 0 unspecified atom stereocenters. The van der Waals surface area contributed by atoms with Crippen molar-refractivity contribution in [1.29, 1.82) is 0 Å². The van der Waals surface area contributed by atoms with E-state index in [9.17, 15) is 38.4 Å². The molecule has 0 amide bonds. The van der Waals surface area contributed by atoms with Gasteiger partial charge >= 0.3 is 23.9 Å². The van der Waals surface area contributed by atoms with Crippen LogP contribution in [0.1, 0.15) is 85.8 Å². The van der Waals surface area contributed by atoms with Crippen molar-refractivity contribution in [2.24, 2.45) is 0 Å². The van der Waals surface area contributed by atoms with Crippen LogP contribution in [-0.2, 0) is 42.9 Å². The number of carbonyl (C=O) groups excluding carboxylic acids is 8. The molecule has 17 nitrogen and oxygen atoms in total. The Hall–Kier alpha value is -7.14. The summed E-state index contributed by atoms with van der Waals surface area (Å²) in [7, 11) is 2.70. The smallest absolute Gasteiger partial charge is 0.303 e. The number of aryl methyl sites for hydroxylation is 2. The van der Waals surface area contributed by atoms with E-state index >= 15 is 0 Å². The van der Waals surface area contributed by atoms with Crippen LogP contribution in [-0.4, -0.2) is 98.5 Å². The van der Waals surface area contributed by atoms with Gasteiger partial charge in [0.05, 0.1) is 31.0 Å². The molecule has 1 heterocycles. The van der Waals surface area contributed by atoms with Gasteiger partial charge in [-0.15, -0.1) is 0 Å². The highest BCUT2D eigenvalue weighted by atomic mass is 16.7. The number of esters is 4. The van der Waals surface area contributed by atoms with Crippen LogP contribution in [0.3, 0.4) is 0 Å². The summed E-state index contributed by atoms with van der Waals surface area (Å²) in [5.41, 5.74) is 1.62. The molecule has 0 radical (unpaired) electrons. The van der Waals surface area contributed by atoms with Crippen molar-refractivity contribution in [2.75, 3.05) is 26.1 Å². The van der Waals surface area contributed by atoms with E-state index in [2.05, 4.69) is 5.32 Å². The fraction of sp³-hybridized carbons (Fsp3) is 0.318. The molecule has 1 N–H and O–H groups in total. The number of hydrogen-bond acceptors (Lipinski definition) is 17. The number of carbonyl (C=O) groups is 8. The summed E-state index contributed by atoms with van der Waals surface area (Å²) < 4.78 is 44.6. The van der Waals surface area contributed by atoms with Gasteiger partial charge in [-0.3, -0.25) is 38.4 Å². The van der Waals surface area contributed by atoms with Gasteiger partial charge < -0.3 is 43.2 Å². The van der Waals surface area contributed by atoms with Gasteiger partial charge in [0, 0.05) is 61.7 Å². The summed E-state index contributed by atoms with van der Waals surface area (Å²) in [5.74, 6) is -4.93. The topological polar surface area (TPSA) is 222 Å². The van der Waals surface area contributed by atoms with E-state index in [0.717, 1.165) is 33.8 Å². The average Bonchev–Trinajstić information content (AvgIpc) is 3.19. The number of nitrogens with one attached hydrogen (secondary N) is 1. The van der Waals surface area contributed by atoms with E-state index in [4.69, 9.17) is 37.9 Å². The lowest BCUT2D eigenvalue weighted by molar-refractivity contribution is -0.288. The Morgan fingerprint density at radius 2 is 1.31 bits per heavy atom. The van der Waals surface area contributed by atoms with E-state index in [0.29, 0.717) is 16.8 Å². The van der Waals surface area contributed by atoms with Crippen molar-refractivity contribution in [3.63, 3.8) is 0 Å².